The Bertz CT molecular complexity index is 335. The predicted molar refractivity (Wildman–Crippen MR) is 85.8 cm³/mol. The molecule has 1 saturated carbocycles. The van der Waals surface area contributed by atoms with Crippen LogP contribution in [-0.2, 0) is 15.6 Å². The Kier molecular flexibility index (Phi) is 8.07. The van der Waals surface area contributed by atoms with Crippen molar-refractivity contribution >= 4 is 29.1 Å². The van der Waals surface area contributed by atoms with Crippen molar-refractivity contribution < 1.29 is 9.00 Å². The van der Waals surface area contributed by atoms with Crippen molar-refractivity contribution in [2.24, 2.45) is 0 Å². The minimum atomic E-state index is -0.721. The van der Waals surface area contributed by atoms with Gasteiger partial charge in [0.2, 0.25) is 5.91 Å². The number of carbonyl (C=O) groups is 1. The molecule has 1 amide bonds. The zero-order valence-corrected chi connectivity index (χ0v) is 13.9. The van der Waals surface area contributed by atoms with Crippen LogP contribution in [0.5, 0.6) is 0 Å². The van der Waals surface area contributed by atoms with E-state index < -0.39 is 10.8 Å². The largest absolute Gasteiger partial charge is 0.352 e. The highest BCUT2D eigenvalue weighted by molar-refractivity contribution is 7.85. The first kappa shape index (κ1) is 17.9. The Morgan fingerprint density at radius 2 is 2.05 bits per heavy atom. The summed E-state index contributed by atoms with van der Waals surface area (Å²) in [6, 6.07) is 0.219. The Balaban J connectivity index is 0.00000200. The quantitative estimate of drug-likeness (QED) is 0.829. The van der Waals surface area contributed by atoms with Gasteiger partial charge < -0.3 is 10.6 Å². The molecule has 0 radical (unpaired) electrons. The van der Waals surface area contributed by atoms with Crippen molar-refractivity contribution in [3.63, 3.8) is 0 Å². The fourth-order valence-electron chi connectivity index (χ4n) is 3.13. The van der Waals surface area contributed by atoms with E-state index >= 15 is 0 Å². The van der Waals surface area contributed by atoms with E-state index in [0.29, 0.717) is 0 Å². The molecule has 2 aliphatic rings. The third-order valence-electron chi connectivity index (χ3n) is 4.26. The van der Waals surface area contributed by atoms with Gasteiger partial charge in [-0.15, -0.1) is 12.4 Å². The van der Waals surface area contributed by atoms with Crippen molar-refractivity contribution in [1.29, 1.82) is 0 Å². The maximum absolute atomic E-state index is 12.2. The Morgan fingerprint density at radius 1 is 1.25 bits per heavy atom. The summed E-state index contributed by atoms with van der Waals surface area (Å²) in [4.78, 5) is 12.2. The van der Waals surface area contributed by atoms with Crippen LogP contribution in [0, 0.1) is 0 Å². The van der Waals surface area contributed by atoms with Crippen LogP contribution < -0.4 is 10.6 Å². The molecule has 0 aromatic rings. The van der Waals surface area contributed by atoms with Gasteiger partial charge in [0.15, 0.2) is 0 Å². The molecule has 6 heteroatoms. The van der Waals surface area contributed by atoms with Gasteiger partial charge in [-0.2, -0.15) is 0 Å². The summed E-state index contributed by atoms with van der Waals surface area (Å²) in [5, 5.41) is 6.72. The number of halogens is 1. The second kappa shape index (κ2) is 9.00. The molecule has 0 aromatic carbocycles. The van der Waals surface area contributed by atoms with Gasteiger partial charge in [0, 0.05) is 27.8 Å². The summed E-state index contributed by atoms with van der Waals surface area (Å²) in [6.07, 6.45) is 7.31. The summed E-state index contributed by atoms with van der Waals surface area (Å²) < 4.78 is 11.9. The second-order valence-electron chi connectivity index (χ2n) is 5.67. The zero-order chi connectivity index (χ0) is 13.7. The zero-order valence-electron chi connectivity index (χ0n) is 12.2. The second-order valence-corrected chi connectivity index (χ2v) is 7.67. The Morgan fingerprint density at radius 3 is 2.70 bits per heavy atom. The molecule has 2 fully saturated rings. The molecule has 1 heterocycles. The third-order valence-corrected chi connectivity index (χ3v) is 6.00. The number of piperidine rings is 1. The molecule has 2 rings (SSSR count). The SMILES string of the molecule is CCS(=O)C1CCCC(NC(=O)C2CCCCN2)C1.Cl. The maximum Gasteiger partial charge on any atom is 0.237 e. The molecular formula is C14H27ClN2O2S. The van der Waals surface area contributed by atoms with Crippen LogP contribution >= 0.6 is 12.4 Å². The first-order chi connectivity index (χ1) is 9.20. The number of nitrogens with one attached hydrogen (secondary N) is 2. The van der Waals surface area contributed by atoms with Gasteiger partial charge in [0.25, 0.3) is 0 Å². The lowest BCUT2D eigenvalue weighted by Gasteiger charge is -2.31. The molecular weight excluding hydrogens is 296 g/mol. The van der Waals surface area contributed by atoms with E-state index in [4.69, 9.17) is 0 Å². The van der Waals surface area contributed by atoms with Gasteiger partial charge in [-0.3, -0.25) is 9.00 Å². The molecule has 0 spiro atoms. The fraction of sp³-hybridized carbons (Fsp3) is 0.929. The average molecular weight is 323 g/mol. The average Bonchev–Trinajstić information content (AvgIpc) is 2.47. The van der Waals surface area contributed by atoms with Crippen molar-refractivity contribution in [2.45, 2.75) is 69.2 Å². The normalized spacial score (nSPS) is 31.9. The summed E-state index contributed by atoms with van der Waals surface area (Å²) in [6.45, 7) is 2.93. The highest BCUT2D eigenvalue weighted by atomic mass is 35.5. The van der Waals surface area contributed by atoms with Gasteiger partial charge in [0.1, 0.15) is 0 Å². The highest BCUT2D eigenvalue weighted by Crippen LogP contribution is 2.23. The summed E-state index contributed by atoms with van der Waals surface area (Å²) in [7, 11) is -0.721. The van der Waals surface area contributed by atoms with Gasteiger partial charge in [-0.1, -0.05) is 19.8 Å². The molecule has 1 aliphatic carbocycles. The van der Waals surface area contributed by atoms with Gasteiger partial charge >= 0.3 is 0 Å². The van der Waals surface area contributed by atoms with Crippen LogP contribution in [0.15, 0.2) is 0 Å². The lowest BCUT2D eigenvalue weighted by Crippen LogP contribution is -2.51. The van der Waals surface area contributed by atoms with Crippen LogP contribution in [0.4, 0.5) is 0 Å². The van der Waals surface area contributed by atoms with E-state index in [2.05, 4.69) is 10.6 Å². The van der Waals surface area contributed by atoms with E-state index in [-0.39, 0.29) is 35.6 Å². The molecule has 4 unspecified atom stereocenters. The van der Waals surface area contributed by atoms with E-state index in [1.807, 2.05) is 6.92 Å². The predicted octanol–water partition coefficient (Wildman–Crippen LogP) is 1.75. The van der Waals surface area contributed by atoms with Crippen LogP contribution in [0.2, 0.25) is 0 Å². The first-order valence-corrected chi connectivity index (χ1v) is 9.00. The molecule has 4 nitrogen and oxygen atoms in total. The monoisotopic (exact) mass is 322 g/mol. The smallest absolute Gasteiger partial charge is 0.237 e. The molecule has 1 aliphatic heterocycles. The molecule has 0 bridgehead atoms. The minimum absolute atomic E-state index is 0. The van der Waals surface area contributed by atoms with Gasteiger partial charge in [-0.05, 0) is 38.6 Å². The fourth-order valence-corrected chi connectivity index (χ4v) is 4.48. The Labute approximate surface area is 130 Å². The lowest BCUT2D eigenvalue weighted by atomic mass is 9.94. The maximum atomic E-state index is 12.2. The molecule has 2 N–H and O–H groups in total. The molecule has 1 saturated heterocycles. The van der Waals surface area contributed by atoms with E-state index in [1.54, 1.807) is 0 Å². The molecule has 118 valence electrons. The molecule has 4 atom stereocenters. The number of carbonyl (C=O) groups excluding carboxylic acids is 1. The number of hydrogen-bond donors (Lipinski definition) is 2. The van der Waals surface area contributed by atoms with Gasteiger partial charge in [-0.25, -0.2) is 0 Å². The summed E-state index contributed by atoms with van der Waals surface area (Å²) in [5.41, 5.74) is 0. The van der Waals surface area contributed by atoms with Crippen molar-refractivity contribution in [1.82, 2.24) is 10.6 Å². The van der Waals surface area contributed by atoms with Crippen molar-refractivity contribution in [3.8, 4) is 0 Å². The topological polar surface area (TPSA) is 58.2 Å². The number of rotatable bonds is 4. The summed E-state index contributed by atoms with van der Waals surface area (Å²) in [5.74, 6) is 0.878. The number of amides is 1. The van der Waals surface area contributed by atoms with Crippen molar-refractivity contribution in [2.75, 3.05) is 12.3 Å². The number of hydrogen-bond acceptors (Lipinski definition) is 3. The van der Waals surface area contributed by atoms with E-state index in [9.17, 15) is 9.00 Å². The molecule has 0 aromatic heterocycles. The van der Waals surface area contributed by atoms with Crippen LogP contribution in [0.3, 0.4) is 0 Å². The minimum Gasteiger partial charge on any atom is -0.352 e. The first-order valence-electron chi connectivity index (χ1n) is 7.61. The van der Waals surface area contributed by atoms with Gasteiger partial charge in [0.05, 0.1) is 6.04 Å². The lowest BCUT2D eigenvalue weighted by molar-refractivity contribution is -0.124. The summed E-state index contributed by atoms with van der Waals surface area (Å²) >= 11 is 0. The van der Waals surface area contributed by atoms with Crippen LogP contribution in [0.25, 0.3) is 0 Å². The van der Waals surface area contributed by atoms with Crippen molar-refractivity contribution in [3.05, 3.63) is 0 Å². The Hall–Kier alpha value is -0.130. The van der Waals surface area contributed by atoms with Crippen LogP contribution in [0.1, 0.15) is 51.9 Å². The standard InChI is InChI=1S/C14H26N2O2S.ClH/c1-2-19(18)12-7-5-6-11(10-12)16-14(17)13-8-3-4-9-15-13;/h11-13,15H,2-10H2,1H3,(H,16,17);1H. The third kappa shape index (κ3) is 5.01. The molecule has 20 heavy (non-hydrogen) atoms. The highest BCUT2D eigenvalue weighted by Gasteiger charge is 2.28. The van der Waals surface area contributed by atoms with Crippen LogP contribution in [-0.4, -0.2) is 39.7 Å². The van der Waals surface area contributed by atoms with E-state index in [1.165, 1.54) is 6.42 Å². The van der Waals surface area contributed by atoms with E-state index in [0.717, 1.165) is 50.8 Å².